The van der Waals surface area contributed by atoms with Crippen molar-refractivity contribution in [3.63, 3.8) is 0 Å². The zero-order valence-electron chi connectivity index (χ0n) is 15.3. The smallest absolute Gasteiger partial charge is 0.273 e. The van der Waals surface area contributed by atoms with Crippen molar-refractivity contribution in [2.24, 2.45) is 0 Å². The van der Waals surface area contributed by atoms with Gasteiger partial charge in [-0.1, -0.05) is 23.8 Å². The topological polar surface area (TPSA) is 83.8 Å². The summed E-state index contributed by atoms with van der Waals surface area (Å²) >= 11 is 0. The van der Waals surface area contributed by atoms with Crippen LogP contribution >= 0.6 is 0 Å². The molecule has 140 valence electrons. The fourth-order valence-electron chi connectivity index (χ4n) is 3.21. The summed E-state index contributed by atoms with van der Waals surface area (Å²) in [6, 6.07) is 11.9. The van der Waals surface area contributed by atoms with Crippen molar-refractivity contribution in [2.45, 2.75) is 13.8 Å². The minimum absolute atomic E-state index is 0.0476. The van der Waals surface area contributed by atoms with Crippen LogP contribution in [0, 0.1) is 24.0 Å². The minimum Gasteiger partial charge on any atom is -0.335 e. The van der Waals surface area contributed by atoms with Crippen LogP contribution in [0.5, 0.6) is 0 Å². The lowest BCUT2D eigenvalue weighted by atomic mass is 10.0. The molecule has 0 aromatic heterocycles. The molecule has 1 fully saturated rings. The van der Waals surface area contributed by atoms with E-state index in [4.69, 9.17) is 0 Å². The summed E-state index contributed by atoms with van der Waals surface area (Å²) in [5.74, 6) is -0.285. The molecule has 1 aliphatic heterocycles. The summed E-state index contributed by atoms with van der Waals surface area (Å²) < 4.78 is 0. The summed E-state index contributed by atoms with van der Waals surface area (Å²) in [6.45, 7) is 5.23. The molecule has 7 nitrogen and oxygen atoms in total. The molecule has 2 amide bonds. The van der Waals surface area contributed by atoms with Crippen LogP contribution in [0.4, 0.5) is 5.69 Å². The lowest BCUT2D eigenvalue weighted by Crippen LogP contribution is -2.50. The van der Waals surface area contributed by atoms with Gasteiger partial charge in [-0.2, -0.15) is 0 Å². The monoisotopic (exact) mass is 367 g/mol. The molecular weight excluding hydrogens is 346 g/mol. The van der Waals surface area contributed by atoms with Crippen LogP contribution in [0.25, 0.3) is 0 Å². The van der Waals surface area contributed by atoms with E-state index in [1.807, 2.05) is 31.2 Å². The first-order valence-electron chi connectivity index (χ1n) is 8.77. The molecule has 0 N–H and O–H groups in total. The lowest BCUT2D eigenvalue weighted by molar-refractivity contribution is -0.385. The molecule has 1 heterocycles. The maximum atomic E-state index is 12.8. The summed E-state index contributed by atoms with van der Waals surface area (Å²) in [5, 5.41) is 11.1. The quantitative estimate of drug-likeness (QED) is 0.617. The van der Waals surface area contributed by atoms with Crippen LogP contribution in [0.15, 0.2) is 42.5 Å². The van der Waals surface area contributed by atoms with Crippen molar-refractivity contribution in [1.29, 1.82) is 0 Å². The lowest BCUT2D eigenvalue weighted by Gasteiger charge is -2.35. The van der Waals surface area contributed by atoms with Gasteiger partial charge in [-0.3, -0.25) is 19.7 Å². The number of hydrogen-bond donors (Lipinski definition) is 0. The van der Waals surface area contributed by atoms with Crippen molar-refractivity contribution in [2.75, 3.05) is 26.2 Å². The van der Waals surface area contributed by atoms with E-state index in [1.54, 1.807) is 22.8 Å². The highest BCUT2D eigenvalue weighted by atomic mass is 16.6. The van der Waals surface area contributed by atoms with Crippen LogP contribution in [-0.4, -0.2) is 52.7 Å². The molecule has 27 heavy (non-hydrogen) atoms. The van der Waals surface area contributed by atoms with Gasteiger partial charge >= 0.3 is 0 Å². The number of nitro groups is 1. The molecule has 0 unspecified atom stereocenters. The Kier molecular flexibility index (Phi) is 5.21. The van der Waals surface area contributed by atoms with Gasteiger partial charge in [-0.15, -0.1) is 0 Å². The van der Waals surface area contributed by atoms with Crippen LogP contribution in [0.1, 0.15) is 31.8 Å². The van der Waals surface area contributed by atoms with Crippen LogP contribution < -0.4 is 0 Å². The maximum absolute atomic E-state index is 12.8. The Hall–Kier alpha value is -3.22. The Morgan fingerprint density at radius 2 is 1.44 bits per heavy atom. The summed E-state index contributed by atoms with van der Waals surface area (Å²) in [6.07, 6.45) is 0. The summed E-state index contributed by atoms with van der Waals surface area (Å²) in [7, 11) is 0. The molecule has 0 aliphatic carbocycles. The standard InChI is InChI=1S/C20H21N3O4/c1-14-6-8-16(9-7-14)19(24)21-10-12-22(13-11-21)20(25)17-4-3-5-18(15(17)2)23(26)27/h3-9H,10-13H2,1-2H3. The van der Waals surface area contributed by atoms with Crippen molar-refractivity contribution in [3.8, 4) is 0 Å². The van der Waals surface area contributed by atoms with E-state index in [2.05, 4.69) is 0 Å². The van der Waals surface area contributed by atoms with Gasteiger partial charge in [0.2, 0.25) is 0 Å². The van der Waals surface area contributed by atoms with E-state index in [0.29, 0.717) is 42.9 Å². The highest BCUT2D eigenvalue weighted by Crippen LogP contribution is 2.23. The predicted octanol–water partition coefficient (Wildman–Crippen LogP) is 2.81. The number of aryl methyl sites for hydroxylation is 1. The van der Waals surface area contributed by atoms with Crippen LogP contribution in [0.2, 0.25) is 0 Å². The number of piperazine rings is 1. The van der Waals surface area contributed by atoms with Crippen molar-refractivity contribution >= 4 is 17.5 Å². The molecular formula is C20H21N3O4. The number of nitro benzene ring substituents is 1. The fraction of sp³-hybridized carbons (Fsp3) is 0.300. The van der Waals surface area contributed by atoms with E-state index in [9.17, 15) is 19.7 Å². The largest absolute Gasteiger partial charge is 0.335 e. The molecule has 2 aromatic carbocycles. The first kappa shape index (κ1) is 18.6. The second-order valence-corrected chi connectivity index (χ2v) is 6.66. The maximum Gasteiger partial charge on any atom is 0.273 e. The Balaban J connectivity index is 1.68. The highest BCUT2D eigenvalue weighted by molar-refractivity contribution is 5.97. The van der Waals surface area contributed by atoms with Gasteiger partial charge in [0.05, 0.1) is 4.92 Å². The number of rotatable bonds is 3. The number of benzene rings is 2. The average molecular weight is 367 g/mol. The van der Waals surface area contributed by atoms with Crippen molar-refractivity contribution < 1.29 is 14.5 Å². The molecule has 2 aromatic rings. The number of hydrogen-bond acceptors (Lipinski definition) is 4. The number of nitrogens with zero attached hydrogens (tertiary/aromatic N) is 3. The van der Waals surface area contributed by atoms with Gasteiger partial charge in [-0.25, -0.2) is 0 Å². The summed E-state index contributed by atoms with van der Waals surface area (Å²) in [4.78, 5) is 39.3. The zero-order valence-corrected chi connectivity index (χ0v) is 15.3. The first-order valence-corrected chi connectivity index (χ1v) is 8.77. The van der Waals surface area contributed by atoms with E-state index in [-0.39, 0.29) is 17.5 Å². The van der Waals surface area contributed by atoms with Crippen molar-refractivity contribution in [3.05, 3.63) is 74.8 Å². The average Bonchev–Trinajstić information content (AvgIpc) is 2.67. The van der Waals surface area contributed by atoms with E-state index >= 15 is 0 Å². The first-order chi connectivity index (χ1) is 12.9. The third kappa shape index (κ3) is 3.81. The van der Waals surface area contributed by atoms with Gasteiger partial charge in [0.25, 0.3) is 17.5 Å². The van der Waals surface area contributed by atoms with Crippen LogP contribution in [-0.2, 0) is 0 Å². The molecule has 0 radical (unpaired) electrons. The number of carbonyl (C=O) groups is 2. The molecule has 3 rings (SSSR count). The molecule has 1 aliphatic rings. The SMILES string of the molecule is Cc1ccc(C(=O)N2CCN(C(=O)c3cccc([N+](=O)[O-])c3C)CC2)cc1. The molecule has 0 saturated carbocycles. The molecule has 0 bridgehead atoms. The van der Waals surface area contributed by atoms with Gasteiger partial charge in [0.1, 0.15) is 0 Å². The Morgan fingerprint density at radius 3 is 2.00 bits per heavy atom. The molecule has 0 spiro atoms. The second-order valence-electron chi connectivity index (χ2n) is 6.66. The zero-order chi connectivity index (χ0) is 19.6. The number of carbonyl (C=O) groups excluding carboxylic acids is 2. The second kappa shape index (κ2) is 7.57. The summed E-state index contributed by atoms with van der Waals surface area (Å²) in [5.41, 5.74) is 2.37. The van der Waals surface area contributed by atoms with E-state index < -0.39 is 4.92 Å². The molecule has 1 saturated heterocycles. The van der Waals surface area contributed by atoms with E-state index in [1.165, 1.54) is 12.1 Å². The minimum atomic E-state index is -0.482. The van der Waals surface area contributed by atoms with Gasteiger partial charge < -0.3 is 9.80 Å². The normalized spacial score (nSPS) is 14.1. The van der Waals surface area contributed by atoms with Crippen LogP contribution in [0.3, 0.4) is 0 Å². The molecule has 0 atom stereocenters. The van der Waals surface area contributed by atoms with Gasteiger partial charge in [0.15, 0.2) is 0 Å². The Bertz CT molecular complexity index is 885. The van der Waals surface area contributed by atoms with Gasteiger partial charge in [0, 0.05) is 48.9 Å². The predicted molar refractivity (Wildman–Crippen MR) is 101 cm³/mol. The number of amides is 2. The van der Waals surface area contributed by atoms with E-state index in [0.717, 1.165) is 5.56 Å². The third-order valence-electron chi connectivity index (χ3n) is 4.88. The van der Waals surface area contributed by atoms with Crippen molar-refractivity contribution in [1.82, 2.24) is 9.80 Å². The Labute approximate surface area is 157 Å². The fourth-order valence-corrected chi connectivity index (χ4v) is 3.21. The highest BCUT2D eigenvalue weighted by Gasteiger charge is 2.27. The molecule has 7 heteroatoms. The Morgan fingerprint density at radius 1 is 0.889 bits per heavy atom. The van der Waals surface area contributed by atoms with Gasteiger partial charge in [-0.05, 0) is 32.0 Å². The third-order valence-corrected chi connectivity index (χ3v) is 4.88.